The van der Waals surface area contributed by atoms with Crippen LogP contribution in [-0.2, 0) is 0 Å². The molecule has 1 aliphatic rings. The molecule has 0 spiro atoms. The average Bonchev–Trinajstić information content (AvgIpc) is 2.66. The van der Waals surface area contributed by atoms with Gasteiger partial charge >= 0.3 is 0 Å². The fraction of sp³-hybridized carbons (Fsp3) is 0.650. The largest absolute Gasteiger partial charge is 0.496 e. The SMILES string of the molecule is CCNC(=NCC(C)c1ccccc1OC)NCCN1CCCCC1. The molecule has 1 unspecified atom stereocenters. The van der Waals surface area contributed by atoms with Crippen LogP contribution in [0.5, 0.6) is 5.75 Å². The highest BCUT2D eigenvalue weighted by atomic mass is 16.5. The van der Waals surface area contributed by atoms with Crippen LogP contribution in [0, 0.1) is 0 Å². The number of benzene rings is 1. The lowest BCUT2D eigenvalue weighted by molar-refractivity contribution is 0.232. The fourth-order valence-corrected chi connectivity index (χ4v) is 3.26. The predicted octanol–water partition coefficient (Wildman–Crippen LogP) is 2.84. The van der Waals surface area contributed by atoms with Crippen molar-refractivity contribution < 1.29 is 4.74 Å². The maximum Gasteiger partial charge on any atom is 0.191 e. The van der Waals surface area contributed by atoms with Crippen molar-refractivity contribution in [3.63, 3.8) is 0 Å². The van der Waals surface area contributed by atoms with E-state index in [0.29, 0.717) is 5.92 Å². The number of rotatable bonds is 8. The number of nitrogens with one attached hydrogen (secondary N) is 2. The number of methoxy groups -OCH3 is 1. The molecule has 1 atom stereocenters. The first kappa shape index (κ1) is 19.6. The minimum Gasteiger partial charge on any atom is -0.496 e. The predicted molar refractivity (Wildman–Crippen MR) is 106 cm³/mol. The van der Waals surface area contributed by atoms with Gasteiger partial charge in [-0.05, 0) is 44.5 Å². The lowest BCUT2D eigenvalue weighted by Gasteiger charge is -2.26. The molecule has 0 saturated carbocycles. The van der Waals surface area contributed by atoms with Gasteiger partial charge in [-0.25, -0.2) is 0 Å². The minimum absolute atomic E-state index is 0.314. The second-order valence-corrected chi connectivity index (χ2v) is 6.69. The van der Waals surface area contributed by atoms with Gasteiger partial charge in [-0.2, -0.15) is 0 Å². The minimum atomic E-state index is 0.314. The number of para-hydroxylation sites is 1. The molecule has 1 aliphatic heterocycles. The number of hydrogen-bond donors (Lipinski definition) is 2. The molecule has 140 valence electrons. The first-order valence-electron chi connectivity index (χ1n) is 9.62. The molecule has 1 aromatic carbocycles. The van der Waals surface area contributed by atoms with Crippen molar-refractivity contribution in [2.75, 3.05) is 46.4 Å². The Hall–Kier alpha value is -1.75. The van der Waals surface area contributed by atoms with E-state index >= 15 is 0 Å². The van der Waals surface area contributed by atoms with Gasteiger partial charge in [0.05, 0.1) is 7.11 Å². The topological polar surface area (TPSA) is 48.9 Å². The summed E-state index contributed by atoms with van der Waals surface area (Å²) < 4.78 is 5.47. The summed E-state index contributed by atoms with van der Waals surface area (Å²) in [5.74, 6) is 2.16. The third-order valence-corrected chi connectivity index (χ3v) is 4.71. The zero-order valence-corrected chi connectivity index (χ0v) is 16.1. The molecular formula is C20H34N4O. The summed E-state index contributed by atoms with van der Waals surface area (Å²) in [4.78, 5) is 7.31. The van der Waals surface area contributed by atoms with Crippen LogP contribution in [0.1, 0.15) is 44.6 Å². The zero-order valence-electron chi connectivity index (χ0n) is 16.1. The molecule has 0 radical (unpaired) electrons. The summed E-state index contributed by atoms with van der Waals surface area (Å²) in [5.41, 5.74) is 1.21. The first-order chi connectivity index (χ1) is 12.2. The maximum atomic E-state index is 5.47. The van der Waals surface area contributed by atoms with Crippen LogP contribution in [0.3, 0.4) is 0 Å². The molecule has 1 heterocycles. The quantitative estimate of drug-likeness (QED) is 0.561. The van der Waals surface area contributed by atoms with Gasteiger partial charge in [0, 0.05) is 32.1 Å². The Labute approximate surface area is 152 Å². The van der Waals surface area contributed by atoms with Gasteiger partial charge in [-0.1, -0.05) is 31.5 Å². The monoisotopic (exact) mass is 346 g/mol. The molecule has 0 aromatic heterocycles. The standard InChI is InChI=1S/C20H34N4O/c1-4-21-20(22-12-15-24-13-8-5-9-14-24)23-16-17(2)18-10-6-7-11-19(18)25-3/h6-7,10-11,17H,4-5,8-9,12-16H2,1-3H3,(H2,21,22,23). The number of likely N-dealkylation sites (tertiary alicyclic amines) is 1. The van der Waals surface area contributed by atoms with E-state index in [1.54, 1.807) is 7.11 Å². The van der Waals surface area contributed by atoms with Crippen LogP contribution in [0.25, 0.3) is 0 Å². The third-order valence-electron chi connectivity index (χ3n) is 4.71. The van der Waals surface area contributed by atoms with Gasteiger partial charge in [-0.3, -0.25) is 4.99 Å². The molecule has 2 rings (SSSR count). The number of piperidine rings is 1. The average molecular weight is 347 g/mol. The number of hydrogen-bond acceptors (Lipinski definition) is 3. The summed E-state index contributed by atoms with van der Waals surface area (Å²) in [6.07, 6.45) is 4.06. The van der Waals surface area contributed by atoms with Crippen LogP contribution in [-0.4, -0.2) is 57.2 Å². The van der Waals surface area contributed by atoms with E-state index in [-0.39, 0.29) is 0 Å². The van der Waals surface area contributed by atoms with Crippen molar-refractivity contribution in [1.82, 2.24) is 15.5 Å². The number of guanidine groups is 1. The van der Waals surface area contributed by atoms with Crippen LogP contribution < -0.4 is 15.4 Å². The molecular weight excluding hydrogens is 312 g/mol. The van der Waals surface area contributed by atoms with Gasteiger partial charge in [-0.15, -0.1) is 0 Å². The number of nitrogens with zero attached hydrogens (tertiary/aromatic N) is 2. The summed E-state index contributed by atoms with van der Waals surface area (Å²) in [5, 5.41) is 6.81. The van der Waals surface area contributed by atoms with Crippen LogP contribution in [0.15, 0.2) is 29.3 Å². The number of ether oxygens (including phenoxy) is 1. The van der Waals surface area contributed by atoms with Crippen molar-refractivity contribution in [3.05, 3.63) is 29.8 Å². The summed E-state index contributed by atoms with van der Waals surface area (Å²) >= 11 is 0. The van der Waals surface area contributed by atoms with E-state index in [1.165, 1.54) is 37.9 Å². The molecule has 1 aromatic rings. The molecule has 25 heavy (non-hydrogen) atoms. The maximum absolute atomic E-state index is 5.47. The molecule has 0 aliphatic carbocycles. The van der Waals surface area contributed by atoms with Gasteiger partial charge in [0.1, 0.15) is 5.75 Å². The lowest BCUT2D eigenvalue weighted by atomic mass is 10.0. The Morgan fingerprint density at radius 3 is 2.68 bits per heavy atom. The molecule has 2 N–H and O–H groups in total. The summed E-state index contributed by atoms with van der Waals surface area (Å²) in [6.45, 7) is 10.4. The van der Waals surface area contributed by atoms with Crippen molar-refractivity contribution in [3.8, 4) is 5.75 Å². The van der Waals surface area contributed by atoms with Crippen molar-refractivity contribution >= 4 is 5.96 Å². The molecule has 5 heteroatoms. The van der Waals surface area contributed by atoms with E-state index in [1.807, 2.05) is 12.1 Å². The van der Waals surface area contributed by atoms with Crippen LogP contribution in [0.4, 0.5) is 0 Å². The smallest absolute Gasteiger partial charge is 0.191 e. The Bertz CT molecular complexity index is 526. The lowest BCUT2D eigenvalue weighted by Crippen LogP contribution is -2.42. The van der Waals surface area contributed by atoms with Gasteiger partial charge in [0.25, 0.3) is 0 Å². The molecule has 1 saturated heterocycles. The second-order valence-electron chi connectivity index (χ2n) is 6.69. The molecule has 0 amide bonds. The van der Waals surface area contributed by atoms with E-state index in [2.05, 4.69) is 41.5 Å². The molecule has 5 nitrogen and oxygen atoms in total. The Balaban J connectivity index is 1.85. The summed E-state index contributed by atoms with van der Waals surface area (Å²) in [7, 11) is 1.72. The van der Waals surface area contributed by atoms with Gasteiger partial charge < -0.3 is 20.3 Å². The van der Waals surface area contributed by atoms with Crippen molar-refractivity contribution in [2.45, 2.75) is 39.0 Å². The first-order valence-corrected chi connectivity index (χ1v) is 9.62. The Morgan fingerprint density at radius 2 is 1.96 bits per heavy atom. The second kappa shape index (κ2) is 11.0. The Morgan fingerprint density at radius 1 is 1.20 bits per heavy atom. The van der Waals surface area contributed by atoms with Crippen LogP contribution >= 0.6 is 0 Å². The number of aliphatic imine (C=N–C) groups is 1. The molecule has 0 bridgehead atoms. The normalized spacial score (nSPS) is 17.2. The zero-order chi connectivity index (χ0) is 17.9. The van der Waals surface area contributed by atoms with E-state index in [4.69, 9.17) is 9.73 Å². The highest BCUT2D eigenvalue weighted by molar-refractivity contribution is 5.79. The third kappa shape index (κ3) is 6.58. The van der Waals surface area contributed by atoms with Gasteiger partial charge in [0.15, 0.2) is 5.96 Å². The van der Waals surface area contributed by atoms with Crippen molar-refractivity contribution in [2.24, 2.45) is 4.99 Å². The highest BCUT2D eigenvalue weighted by Crippen LogP contribution is 2.26. The van der Waals surface area contributed by atoms with E-state index in [9.17, 15) is 0 Å². The highest BCUT2D eigenvalue weighted by Gasteiger charge is 2.12. The van der Waals surface area contributed by atoms with Crippen molar-refractivity contribution in [1.29, 1.82) is 0 Å². The molecule has 1 fully saturated rings. The van der Waals surface area contributed by atoms with Gasteiger partial charge in [0.2, 0.25) is 0 Å². The van der Waals surface area contributed by atoms with E-state index in [0.717, 1.165) is 37.9 Å². The summed E-state index contributed by atoms with van der Waals surface area (Å²) in [6, 6.07) is 8.19. The fourth-order valence-electron chi connectivity index (χ4n) is 3.26. The Kier molecular flexibility index (Phi) is 8.60. The van der Waals surface area contributed by atoms with Crippen LogP contribution in [0.2, 0.25) is 0 Å². The van der Waals surface area contributed by atoms with E-state index < -0.39 is 0 Å².